The molecule has 3 heterocycles. The fourth-order valence-electron chi connectivity index (χ4n) is 4.34. The second-order valence-corrected chi connectivity index (χ2v) is 9.24. The molecule has 7 aromatic rings. The van der Waals surface area contributed by atoms with Gasteiger partial charge in [0.2, 0.25) is 5.13 Å². The first-order valence-corrected chi connectivity index (χ1v) is 12.1. The molecular weight excluding hydrogens is 452 g/mol. The highest BCUT2D eigenvalue weighted by Gasteiger charge is 2.19. The Morgan fingerprint density at radius 3 is 2.26 bits per heavy atom. The minimum atomic E-state index is 0.617. The molecule has 0 saturated carbocycles. The van der Waals surface area contributed by atoms with Gasteiger partial charge in [0.05, 0.1) is 15.9 Å². The van der Waals surface area contributed by atoms with E-state index < -0.39 is 0 Å². The van der Waals surface area contributed by atoms with Crippen molar-refractivity contribution in [1.29, 1.82) is 0 Å². The molecule has 0 amide bonds. The van der Waals surface area contributed by atoms with Crippen LogP contribution in [0.1, 0.15) is 0 Å². The Morgan fingerprint density at radius 2 is 1.43 bits per heavy atom. The number of benzene rings is 4. The maximum absolute atomic E-state index is 5.72. The SMILES string of the molecule is c1ccc(-c2cc(-c3cc(-c4ccccc4)n(-c4nc5ccc6ccccc6c5s4)n3)on2)cc1. The van der Waals surface area contributed by atoms with Crippen LogP contribution in [-0.4, -0.2) is 19.9 Å². The maximum Gasteiger partial charge on any atom is 0.212 e. The molecule has 35 heavy (non-hydrogen) atoms. The van der Waals surface area contributed by atoms with Gasteiger partial charge < -0.3 is 4.52 Å². The first-order chi connectivity index (χ1) is 17.3. The molecule has 0 unspecified atom stereocenters. The molecule has 0 fully saturated rings. The van der Waals surface area contributed by atoms with E-state index in [1.165, 1.54) is 10.8 Å². The Hall–Kier alpha value is -4.55. The third-order valence-corrected chi connectivity index (χ3v) is 7.14. The Bertz CT molecular complexity index is 1800. The lowest BCUT2D eigenvalue weighted by Crippen LogP contribution is -1.98. The average Bonchev–Trinajstić information content (AvgIpc) is 3.67. The van der Waals surface area contributed by atoms with Crippen molar-refractivity contribution in [2.75, 3.05) is 0 Å². The number of hydrogen-bond acceptors (Lipinski definition) is 5. The van der Waals surface area contributed by atoms with Crippen molar-refractivity contribution < 1.29 is 4.52 Å². The molecule has 0 N–H and O–H groups in total. The van der Waals surface area contributed by atoms with E-state index in [2.05, 4.69) is 53.7 Å². The van der Waals surface area contributed by atoms with E-state index in [4.69, 9.17) is 14.6 Å². The summed E-state index contributed by atoms with van der Waals surface area (Å²) in [5.41, 5.74) is 5.46. The molecule has 0 spiro atoms. The highest BCUT2D eigenvalue weighted by molar-refractivity contribution is 7.21. The highest BCUT2D eigenvalue weighted by atomic mass is 32.1. The van der Waals surface area contributed by atoms with Crippen LogP contribution in [0, 0.1) is 0 Å². The predicted molar refractivity (Wildman–Crippen MR) is 141 cm³/mol. The van der Waals surface area contributed by atoms with E-state index in [9.17, 15) is 0 Å². The molecule has 0 aliphatic rings. The smallest absolute Gasteiger partial charge is 0.212 e. The third-order valence-electron chi connectivity index (χ3n) is 6.06. The normalized spacial score (nSPS) is 11.4. The number of fused-ring (bicyclic) bond motifs is 3. The summed E-state index contributed by atoms with van der Waals surface area (Å²) >= 11 is 1.64. The van der Waals surface area contributed by atoms with Gasteiger partial charge in [-0.2, -0.15) is 5.10 Å². The van der Waals surface area contributed by atoms with Gasteiger partial charge in [0.1, 0.15) is 11.4 Å². The van der Waals surface area contributed by atoms with Crippen LogP contribution in [0.25, 0.3) is 60.1 Å². The van der Waals surface area contributed by atoms with Crippen LogP contribution in [0.2, 0.25) is 0 Å². The zero-order valence-corrected chi connectivity index (χ0v) is 19.3. The van der Waals surface area contributed by atoms with Crippen molar-refractivity contribution in [1.82, 2.24) is 19.9 Å². The molecule has 166 valence electrons. The van der Waals surface area contributed by atoms with Crippen LogP contribution in [0.5, 0.6) is 0 Å². The lowest BCUT2D eigenvalue weighted by molar-refractivity contribution is 0.433. The van der Waals surface area contributed by atoms with Crippen molar-refractivity contribution >= 4 is 32.3 Å². The highest BCUT2D eigenvalue weighted by Crippen LogP contribution is 2.35. The molecule has 3 aromatic heterocycles. The summed E-state index contributed by atoms with van der Waals surface area (Å²) < 4.78 is 8.78. The van der Waals surface area contributed by atoms with Crippen molar-refractivity contribution in [2.24, 2.45) is 0 Å². The summed E-state index contributed by atoms with van der Waals surface area (Å²) in [5, 5.41) is 12.4. The standard InChI is InChI=1S/C29H18N4OS/c1-3-10-20(11-4-1)24-18-27(34-32-24)25-17-26(21-12-5-2-6-13-21)33(31-25)29-30-23-16-15-19-9-7-8-14-22(19)28(23)35-29/h1-18H. The summed E-state index contributed by atoms with van der Waals surface area (Å²) in [6.07, 6.45) is 0. The van der Waals surface area contributed by atoms with E-state index in [0.29, 0.717) is 11.5 Å². The number of thiazole rings is 1. The monoisotopic (exact) mass is 470 g/mol. The van der Waals surface area contributed by atoms with Crippen molar-refractivity contribution in [3.05, 3.63) is 109 Å². The first-order valence-electron chi connectivity index (χ1n) is 11.3. The first kappa shape index (κ1) is 19.9. The zero-order chi connectivity index (χ0) is 23.2. The molecule has 0 bridgehead atoms. The van der Waals surface area contributed by atoms with Crippen LogP contribution < -0.4 is 0 Å². The van der Waals surface area contributed by atoms with Crippen LogP contribution >= 0.6 is 11.3 Å². The van der Waals surface area contributed by atoms with Crippen LogP contribution in [0.15, 0.2) is 114 Å². The molecule has 0 aliphatic heterocycles. The predicted octanol–water partition coefficient (Wildman–Crippen LogP) is 7.62. The average molecular weight is 471 g/mol. The van der Waals surface area contributed by atoms with Crippen LogP contribution in [0.4, 0.5) is 0 Å². The Morgan fingerprint density at radius 1 is 0.686 bits per heavy atom. The van der Waals surface area contributed by atoms with Gasteiger partial charge in [0.15, 0.2) is 5.76 Å². The molecule has 7 rings (SSSR count). The number of aromatic nitrogens is 4. The van der Waals surface area contributed by atoms with Crippen LogP contribution in [0.3, 0.4) is 0 Å². The van der Waals surface area contributed by atoms with Crippen molar-refractivity contribution in [2.45, 2.75) is 0 Å². The van der Waals surface area contributed by atoms with Gasteiger partial charge in [-0.1, -0.05) is 107 Å². The van der Waals surface area contributed by atoms with Crippen molar-refractivity contribution in [3.63, 3.8) is 0 Å². The Kier molecular flexibility index (Phi) is 4.57. The molecular formula is C29H18N4OS. The fraction of sp³-hybridized carbons (Fsp3) is 0. The van der Waals surface area contributed by atoms with E-state index in [1.54, 1.807) is 11.3 Å². The van der Waals surface area contributed by atoms with Gasteiger partial charge in [-0.25, -0.2) is 9.67 Å². The fourth-order valence-corrected chi connectivity index (χ4v) is 5.40. The molecule has 0 saturated heterocycles. The van der Waals surface area contributed by atoms with E-state index >= 15 is 0 Å². The molecule has 0 atom stereocenters. The maximum atomic E-state index is 5.72. The van der Waals surface area contributed by atoms with E-state index in [-0.39, 0.29) is 0 Å². The second-order valence-electron chi connectivity index (χ2n) is 8.27. The molecule has 4 aromatic carbocycles. The number of hydrogen-bond donors (Lipinski definition) is 0. The summed E-state index contributed by atoms with van der Waals surface area (Å²) in [7, 11) is 0. The van der Waals surface area contributed by atoms with Gasteiger partial charge in [-0.05, 0) is 17.5 Å². The lowest BCUT2D eigenvalue weighted by Gasteiger charge is -2.03. The lowest BCUT2D eigenvalue weighted by atomic mass is 10.1. The number of rotatable bonds is 4. The topological polar surface area (TPSA) is 56.7 Å². The summed E-state index contributed by atoms with van der Waals surface area (Å²) in [6.45, 7) is 0. The third kappa shape index (κ3) is 3.43. The minimum absolute atomic E-state index is 0.617. The summed E-state index contributed by atoms with van der Waals surface area (Å²) in [4.78, 5) is 4.95. The second kappa shape index (κ2) is 8.04. The summed E-state index contributed by atoms with van der Waals surface area (Å²) in [5.74, 6) is 0.617. The minimum Gasteiger partial charge on any atom is -0.354 e. The van der Waals surface area contributed by atoms with Gasteiger partial charge in [0.25, 0.3) is 0 Å². The summed E-state index contributed by atoms with van der Waals surface area (Å²) in [6, 6.07) is 36.8. The van der Waals surface area contributed by atoms with Crippen LogP contribution in [-0.2, 0) is 0 Å². The Labute approximate surface area is 204 Å². The van der Waals surface area contributed by atoms with Gasteiger partial charge in [0, 0.05) is 22.6 Å². The largest absolute Gasteiger partial charge is 0.354 e. The molecule has 5 nitrogen and oxygen atoms in total. The van der Waals surface area contributed by atoms with Gasteiger partial charge in [-0.3, -0.25) is 0 Å². The van der Waals surface area contributed by atoms with Gasteiger partial charge >= 0.3 is 0 Å². The molecule has 0 aliphatic carbocycles. The quantitative estimate of drug-likeness (QED) is 0.265. The Balaban J connectivity index is 1.40. The van der Waals surface area contributed by atoms with E-state index in [0.717, 1.165) is 37.9 Å². The number of nitrogens with zero attached hydrogens (tertiary/aromatic N) is 4. The molecule has 0 radical (unpaired) electrons. The van der Waals surface area contributed by atoms with E-state index in [1.807, 2.05) is 65.3 Å². The molecule has 6 heteroatoms. The van der Waals surface area contributed by atoms with Crippen molar-refractivity contribution in [3.8, 4) is 39.1 Å². The zero-order valence-electron chi connectivity index (χ0n) is 18.5. The van der Waals surface area contributed by atoms with Gasteiger partial charge in [-0.15, -0.1) is 0 Å².